The first-order valence-corrected chi connectivity index (χ1v) is 9.57. The van der Waals surface area contributed by atoms with E-state index in [-0.39, 0.29) is 16.9 Å². The Hall–Kier alpha value is -2.99. The zero-order valence-corrected chi connectivity index (χ0v) is 15.9. The van der Waals surface area contributed by atoms with E-state index in [4.69, 9.17) is 13.9 Å². The molecule has 4 rings (SSSR count). The molecule has 3 aromatic rings. The van der Waals surface area contributed by atoms with Gasteiger partial charge in [0.25, 0.3) is 0 Å². The molecule has 0 bridgehead atoms. The molecule has 2 aromatic carbocycles. The monoisotopic (exact) mass is 382 g/mol. The van der Waals surface area contributed by atoms with Gasteiger partial charge in [0, 0.05) is 0 Å². The second-order valence-electron chi connectivity index (χ2n) is 7.13. The second-order valence-corrected chi connectivity index (χ2v) is 7.13. The van der Waals surface area contributed by atoms with E-state index < -0.39 is 0 Å². The molecule has 0 amide bonds. The quantitative estimate of drug-likeness (QED) is 0.710. The van der Waals surface area contributed by atoms with Gasteiger partial charge >= 0.3 is 0 Å². The van der Waals surface area contributed by atoms with Crippen molar-refractivity contribution in [1.29, 1.82) is 0 Å². The van der Waals surface area contributed by atoms with Crippen LogP contribution in [0.2, 0.25) is 0 Å². The summed E-state index contributed by atoms with van der Waals surface area (Å²) in [7, 11) is 1.59. The normalized spacial score (nSPS) is 14.9. The lowest BCUT2D eigenvalue weighted by Gasteiger charge is -2.24. The van der Waals surface area contributed by atoms with Crippen LogP contribution in [0.1, 0.15) is 24.8 Å². The van der Waals surface area contributed by atoms with Crippen molar-refractivity contribution in [2.75, 3.05) is 20.2 Å². The van der Waals surface area contributed by atoms with Crippen molar-refractivity contribution >= 4 is 11.0 Å². The van der Waals surface area contributed by atoms with Crippen molar-refractivity contribution in [3.63, 3.8) is 0 Å². The molecule has 6 nitrogen and oxygen atoms in total. The number of quaternary nitrogens is 1. The van der Waals surface area contributed by atoms with E-state index in [0.717, 1.165) is 13.1 Å². The molecule has 0 saturated carbocycles. The number of fused-ring (bicyclic) bond motifs is 1. The minimum atomic E-state index is -0.257. The number of benzene rings is 2. The maximum absolute atomic E-state index is 12.9. The Kier molecular flexibility index (Phi) is 5.21. The number of aromatic hydroxyl groups is 1. The number of methoxy groups -OCH3 is 1. The molecule has 6 heteroatoms. The molecule has 146 valence electrons. The lowest BCUT2D eigenvalue weighted by molar-refractivity contribution is -0.918. The molecular weight excluding hydrogens is 358 g/mol. The standard InChI is InChI=1S/C22H23NO5/c1-26-15-5-7-16(8-6-15)28-20-14-27-22-17(21(20)25)9-10-19(24)18(22)13-23-11-3-2-4-12-23/h5-10,14,24H,2-4,11-13H2,1H3/p+1. The number of phenolic OH excluding ortho intramolecular Hbond substituents is 1. The Bertz CT molecular complexity index is 1020. The van der Waals surface area contributed by atoms with E-state index >= 15 is 0 Å². The zero-order valence-electron chi connectivity index (χ0n) is 15.9. The lowest BCUT2D eigenvalue weighted by Crippen LogP contribution is -3.11. The average Bonchev–Trinajstić information content (AvgIpc) is 2.73. The first-order chi connectivity index (χ1) is 13.7. The highest BCUT2D eigenvalue weighted by molar-refractivity contribution is 5.82. The van der Waals surface area contributed by atoms with Crippen LogP contribution in [-0.2, 0) is 6.54 Å². The molecule has 28 heavy (non-hydrogen) atoms. The van der Waals surface area contributed by atoms with Crippen LogP contribution in [0.3, 0.4) is 0 Å². The summed E-state index contributed by atoms with van der Waals surface area (Å²) in [6, 6.07) is 10.1. The van der Waals surface area contributed by atoms with Crippen molar-refractivity contribution in [2.45, 2.75) is 25.8 Å². The molecule has 0 atom stereocenters. The minimum Gasteiger partial charge on any atom is -0.507 e. The third-order valence-electron chi connectivity index (χ3n) is 5.26. The Morgan fingerprint density at radius 3 is 2.46 bits per heavy atom. The summed E-state index contributed by atoms with van der Waals surface area (Å²) in [6.07, 6.45) is 4.95. The molecule has 2 heterocycles. The summed E-state index contributed by atoms with van der Waals surface area (Å²) >= 11 is 0. The molecule has 1 saturated heterocycles. The molecular formula is C22H24NO5+. The molecule has 0 spiro atoms. The summed E-state index contributed by atoms with van der Waals surface area (Å²) in [6.45, 7) is 2.78. The number of hydrogen-bond donors (Lipinski definition) is 2. The van der Waals surface area contributed by atoms with Crippen LogP contribution in [0.4, 0.5) is 0 Å². The van der Waals surface area contributed by atoms with Gasteiger partial charge in [-0.15, -0.1) is 0 Å². The first kappa shape index (κ1) is 18.4. The van der Waals surface area contributed by atoms with Crippen LogP contribution < -0.4 is 19.8 Å². The topological polar surface area (TPSA) is 73.3 Å². The molecule has 1 fully saturated rings. The van der Waals surface area contributed by atoms with Crippen molar-refractivity contribution in [3.8, 4) is 23.0 Å². The van der Waals surface area contributed by atoms with Gasteiger partial charge in [0.1, 0.15) is 30.1 Å². The number of phenols is 1. The van der Waals surface area contributed by atoms with Crippen molar-refractivity contribution in [1.82, 2.24) is 0 Å². The number of rotatable bonds is 5. The Morgan fingerprint density at radius 1 is 1.04 bits per heavy atom. The number of nitrogens with one attached hydrogen (secondary N) is 1. The van der Waals surface area contributed by atoms with E-state index in [9.17, 15) is 9.90 Å². The molecule has 1 aliphatic rings. The van der Waals surface area contributed by atoms with Gasteiger partial charge in [-0.25, -0.2) is 0 Å². The van der Waals surface area contributed by atoms with Crippen LogP contribution in [0, 0.1) is 0 Å². The van der Waals surface area contributed by atoms with Gasteiger partial charge in [-0.1, -0.05) is 0 Å². The first-order valence-electron chi connectivity index (χ1n) is 9.57. The van der Waals surface area contributed by atoms with E-state index in [2.05, 4.69) is 0 Å². The molecule has 0 aliphatic carbocycles. The van der Waals surface area contributed by atoms with E-state index in [1.807, 2.05) is 0 Å². The van der Waals surface area contributed by atoms with E-state index in [0.29, 0.717) is 34.6 Å². The molecule has 0 unspecified atom stereocenters. The van der Waals surface area contributed by atoms with Crippen molar-refractivity contribution in [2.24, 2.45) is 0 Å². The summed E-state index contributed by atoms with van der Waals surface area (Å²) in [5, 5.41) is 10.8. The number of hydrogen-bond acceptors (Lipinski definition) is 5. The fourth-order valence-corrected chi connectivity index (χ4v) is 3.72. The van der Waals surface area contributed by atoms with Crippen LogP contribution in [0.5, 0.6) is 23.0 Å². The lowest BCUT2D eigenvalue weighted by atomic mass is 10.1. The third kappa shape index (κ3) is 3.68. The van der Waals surface area contributed by atoms with Crippen molar-refractivity contribution < 1.29 is 23.9 Å². The van der Waals surface area contributed by atoms with Gasteiger partial charge in [0.2, 0.25) is 11.2 Å². The summed E-state index contributed by atoms with van der Waals surface area (Å²) in [5.41, 5.74) is 0.861. The molecule has 1 aromatic heterocycles. The third-order valence-corrected chi connectivity index (χ3v) is 5.26. The largest absolute Gasteiger partial charge is 0.507 e. The SMILES string of the molecule is COc1ccc(Oc2coc3c(C[NH+]4CCCCC4)c(O)ccc3c2=O)cc1. The fraction of sp³-hybridized carbons (Fsp3) is 0.318. The zero-order chi connectivity index (χ0) is 19.5. The Balaban J connectivity index is 1.66. The van der Waals surface area contributed by atoms with Crippen LogP contribution in [0.15, 0.2) is 51.9 Å². The second kappa shape index (κ2) is 7.94. The predicted molar refractivity (Wildman–Crippen MR) is 105 cm³/mol. The summed E-state index contributed by atoms with van der Waals surface area (Å²) in [5.74, 6) is 1.50. The number of piperidine rings is 1. The van der Waals surface area contributed by atoms with Gasteiger partial charge in [0.15, 0.2) is 5.58 Å². The van der Waals surface area contributed by atoms with Gasteiger partial charge in [-0.05, 0) is 55.7 Å². The molecule has 2 N–H and O–H groups in total. The maximum atomic E-state index is 12.9. The summed E-state index contributed by atoms with van der Waals surface area (Å²) < 4.78 is 16.6. The smallest absolute Gasteiger partial charge is 0.235 e. The van der Waals surface area contributed by atoms with Gasteiger partial charge in [-0.2, -0.15) is 0 Å². The highest BCUT2D eigenvalue weighted by Gasteiger charge is 2.21. The van der Waals surface area contributed by atoms with Gasteiger partial charge in [0.05, 0.1) is 31.1 Å². The minimum absolute atomic E-state index is 0.111. The molecule has 1 aliphatic heterocycles. The van der Waals surface area contributed by atoms with Gasteiger partial charge < -0.3 is 23.9 Å². The number of ether oxygens (including phenoxy) is 2. The summed E-state index contributed by atoms with van der Waals surface area (Å²) in [4.78, 5) is 14.3. The highest BCUT2D eigenvalue weighted by atomic mass is 16.5. The van der Waals surface area contributed by atoms with E-state index in [1.54, 1.807) is 43.5 Å². The van der Waals surface area contributed by atoms with Crippen LogP contribution in [-0.4, -0.2) is 25.3 Å². The van der Waals surface area contributed by atoms with E-state index in [1.165, 1.54) is 30.4 Å². The predicted octanol–water partition coefficient (Wildman–Crippen LogP) is 2.87. The Labute approximate surface area is 162 Å². The number of likely N-dealkylation sites (tertiary alicyclic amines) is 1. The van der Waals surface area contributed by atoms with Crippen LogP contribution >= 0.6 is 0 Å². The maximum Gasteiger partial charge on any atom is 0.235 e. The molecule has 0 radical (unpaired) electrons. The highest BCUT2D eigenvalue weighted by Crippen LogP contribution is 2.28. The van der Waals surface area contributed by atoms with Crippen LogP contribution in [0.25, 0.3) is 11.0 Å². The Morgan fingerprint density at radius 2 is 1.75 bits per heavy atom. The average molecular weight is 382 g/mol. The fourth-order valence-electron chi connectivity index (χ4n) is 3.72. The van der Waals surface area contributed by atoms with Gasteiger partial charge in [-0.3, -0.25) is 4.79 Å². The van der Waals surface area contributed by atoms with Crippen molar-refractivity contribution in [3.05, 3.63) is 58.4 Å².